The Labute approximate surface area is 127 Å². The average Bonchev–Trinajstić information content (AvgIpc) is 2.54. The normalized spacial score (nSPS) is 13.3. The first-order valence-corrected chi connectivity index (χ1v) is 8.35. The molecule has 0 aliphatic heterocycles. The van der Waals surface area contributed by atoms with Crippen LogP contribution < -0.4 is 0 Å². The molecule has 0 spiro atoms. The summed E-state index contributed by atoms with van der Waals surface area (Å²) < 4.78 is 26.4. The first-order valence-electron chi connectivity index (χ1n) is 6.91. The maximum atomic E-state index is 12.5. The van der Waals surface area contributed by atoms with E-state index < -0.39 is 10.0 Å². The Kier molecular flexibility index (Phi) is 5.15. The maximum absolute atomic E-state index is 12.5. The van der Waals surface area contributed by atoms with Crippen molar-refractivity contribution in [2.75, 3.05) is 13.6 Å². The molecule has 0 N–H and O–H groups in total. The molecule has 0 aliphatic rings. The van der Waals surface area contributed by atoms with Crippen LogP contribution in [0.15, 0.2) is 65.6 Å². The van der Waals surface area contributed by atoms with Gasteiger partial charge in [-0.25, -0.2) is 12.7 Å². The van der Waals surface area contributed by atoms with Crippen LogP contribution in [0.4, 0.5) is 0 Å². The van der Waals surface area contributed by atoms with Crippen LogP contribution >= 0.6 is 0 Å². The van der Waals surface area contributed by atoms with Gasteiger partial charge in [0.1, 0.15) is 0 Å². The van der Waals surface area contributed by atoms with E-state index in [4.69, 9.17) is 0 Å². The SMILES string of the molecule is [CH2]CC(CN(C)S(=O)(=O)c1ccccc1)c1ccccc1. The molecule has 111 valence electrons. The molecule has 0 fully saturated rings. The largest absolute Gasteiger partial charge is 0.242 e. The number of hydrogen-bond acceptors (Lipinski definition) is 2. The lowest BCUT2D eigenvalue weighted by atomic mass is 9.97. The molecular formula is C17H20NO2S. The van der Waals surface area contributed by atoms with E-state index in [1.807, 2.05) is 36.4 Å². The van der Waals surface area contributed by atoms with Crippen LogP contribution in [-0.2, 0) is 10.0 Å². The Morgan fingerprint density at radius 3 is 2.05 bits per heavy atom. The van der Waals surface area contributed by atoms with Gasteiger partial charge in [-0.3, -0.25) is 0 Å². The lowest BCUT2D eigenvalue weighted by Crippen LogP contribution is -2.31. The molecule has 0 aromatic heterocycles. The van der Waals surface area contributed by atoms with Gasteiger partial charge >= 0.3 is 0 Å². The van der Waals surface area contributed by atoms with E-state index in [0.717, 1.165) is 5.56 Å². The zero-order valence-corrected chi connectivity index (χ0v) is 13.0. The molecule has 2 aromatic rings. The van der Waals surface area contributed by atoms with E-state index in [2.05, 4.69) is 6.92 Å². The Hall–Kier alpha value is -1.65. The van der Waals surface area contributed by atoms with Crippen molar-refractivity contribution in [3.8, 4) is 0 Å². The van der Waals surface area contributed by atoms with Gasteiger partial charge in [0, 0.05) is 13.6 Å². The van der Waals surface area contributed by atoms with Gasteiger partial charge in [-0.05, 0) is 30.0 Å². The molecule has 0 heterocycles. The van der Waals surface area contributed by atoms with Crippen molar-refractivity contribution in [1.82, 2.24) is 4.31 Å². The number of likely N-dealkylation sites (N-methyl/N-ethyl adjacent to an activating group) is 1. The summed E-state index contributed by atoms with van der Waals surface area (Å²) in [5, 5.41) is 0. The first kappa shape index (κ1) is 15.7. The second-order valence-electron chi connectivity index (χ2n) is 4.99. The molecule has 0 saturated carbocycles. The summed E-state index contributed by atoms with van der Waals surface area (Å²) in [6.07, 6.45) is 0.651. The topological polar surface area (TPSA) is 37.4 Å². The second-order valence-corrected chi connectivity index (χ2v) is 7.04. The van der Waals surface area contributed by atoms with Crippen LogP contribution in [0.5, 0.6) is 0 Å². The highest BCUT2D eigenvalue weighted by molar-refractivity contribution is 7.89. The number of nitrogens with zero attached hydrogens (tertiary/aromatic N) is 1. The third-order valence-corrected chi connectivity index (χ3v) is 5.39. The van der Waals surface area contributed by atoms with Crippen LogP contribution in [0, 0.1) is 6.92 Å². The molecule has 21 heavy (non-hydrogen) atoms. The summed E-state index contributed by atoms with van der Waals surface area (Å²) in [6.45, 7) is 4.37. The molecule has 0 bridgehead atoms. The summed E-state index contributed by atoms with van der Waals surface area (Å²) >= 11 is 0. The molecule has 2 aromatic carbocycles. The molecule has 2 rings (SSSR count). The van der Waals surface area contributed by atoms with E-state index in [0.29, 0.717) is 17.9 Å². The Balaban J connectivity index is 2.18. The molecule has 3 nitrogen and oxygen atoms in total. The highest BCUT2D eigenvalue weighted by atomic mass is 32.2. The molecular weight excluding hydrogens is 282 g/mol. The maximum Gasteiger partial charge on any atom is 0.242 e. The third-order valence-electron chi connectivity index (χ3n) is 3.55. The minimum absolute atomic E-state index is 0.0923. The average molecular weight is 302 g/mol. The summed E-state index contributed by atoms with van der Waals surface area (Å²) in [5.74, 6) is 0.0923. The summed E-state index contributed by atoms with van der Waals surface area (Å²) in [5.41, 5.74) is 1.11. The standard InChI is InChI=1S/C17H20NO2S/c1-3-15(16-10-6-4-7-11-16)14-18(2)21(19,20)17-12-8-5-9-13-17/h4-13,15H,1,3,14H2,2H3. The lowest BCUT2D eigenvalue weighted by molar-refractivity contribution is 0.436. The van der Waals surface area contributed by atoms with Crippen LogP contribution in [-0.4, -0.2) is 26.3 Å². The van der Waals surface area contributed by atoms with Crippen molar-refractivity contribution < 1.29 is 8.42 Å². The lowest BCUT2D eigenvalue weighted by Gasteiger charge is -2.23. The molecule has 0 amide bonds. The molecule has 4 heteroatoms. The molecule has 1 atom stereocenters. The Morgan fingerprint density at radius 1 is 1.00 bits per heavy atom. The molecule has 0 aliphatic carbocycles. The first-order chi connectivity index (χ1) is 10.1. The fourth-order valence-corrected chi connectivity index (χ4v) is 3.51. The summed E-state index contributed by atoms with van der Waals surface area (Å²) in [7, 11) is -1.83. The number of rotatable bonds is 6. The number of hydrogen-bond donors (Lipinski definition) is 0. The van der Waals surface area contributed by atoms with Gasteiger partial charge in [-0.1, -0.05) is 55.5 Å². The fraction of sp³-hybridized carbons (Fsp3) is 0.235. The van der Waals surface area contributed by atoms with Crippen molar-refractivity contribution in [2.45, 2.75) is 17.2 Å². The van der Waals surface area contributed by atoms with Crippen LogP contribution in [0.1, 0.15) is 17.9 Å². The minimum Gasteiger partial charge on any atom is -0.207 e. The van der Waals surface area contributed by atoms with Crippen LogP contribution in [0.3, 0.4) is 0 Å². The van der Waals surface area contributed by atoms with Crippen molar-refractivity contribution >= 4 is 10.0 Å². The summed E-state index contributed by atoms with van der Waals surface area (Å²) in [6, 6.07) is 18.4. The number of sulfonamides is 1. The predicted molar refractivity (Wildman–Crippen MR) is 85.4 cm³/mol. The Morgan fingerprint density at radius 2 is 1.52 bits per heavy atom. The van der Waals surface area contributed by atoms with E-state index in [9.17, 15) is 8.42 Å². The highest BCUT2D eigenvalue weighted by Gasteiger charge is 2.23. The highest BCUT2D eigenvalue weighted by Crippen LogP contribution is 2.23. The zero-order chi connectivity index (χ0) is 15.3. The van der Waals surface area contributed by atoms with Crippen molar-refractivity contribution in [2.24, 2.45) is 0 Å². The zero-order valence-electron chi connectivity index (χ0n) is 12.1. The van der Waals surface area contributed by atoms with E-state index in [1.165, 1.54) is 4.31 Å². The molecule has 1 radical (unpaired) electrons. The predicted octanol–water partition coefficient (Wildman–Crippen LogP) is 3.32. The second kappa shape index (κ2) is 6.87. The van der Waals surface area contributed by atoms with Gasteiger partial charge < -0.3 is 0 Å². The summed E-state index contributed by atoms with van der Waals surface area (Å²) in [4.78, 5) is 0.323. The van der Waals surface area contributed by atoms with Crippen LogP contribution in [0.25, 0.3) is 0 Å². The van der Waals surface area contributed by atoms with Gasteiger partial charge in [0.15, 0.2) is 0 Å². The quantitative estimate of drug-likeness (QED) is 0.821. The fourth-order valence-electron chi connectivity index (χ4n) is 2.27. The molecule has 1 unspecified atom stereocenters. The van der Waals surface area contributed by atoms with Gasteiger partial charge in [0.05, 0.1) is 4.90 Å². The van der Waals surface area contributed by atoms with Crippen molar-refractivity contribution in [3.05, 3.63) is 73.2 Å². The Bertz CT molecular complexity index is 654. The monoisotopic (exact) mass is 302 g/mol. The van der Waals surface area contributed by atoms with Crippen LogP contribution in [0.2, 0.25) is 0 Å². The van der Waals surface area contributed by atoms with Gasteiger partial charge in [-0.2, -0.15) is 0 Å². The van der Waals surface area contributed by atoms with E-state index in [-0.39, 0.29) is 5.92 Å². The van der Waals surface area contributed by atoms with E-state index >= 15 is 0 Å². The minimum atomic E-state index is -3.45. The van der Waals surface area contributed by atoms with Gasteiger partial charge in [-0.15, -0.1) is 0 Å². The van der Waals surface area contributed by atoms with Crippen molar-refractivity contribution in [3.63, 3.8) is 0 Å². The molecule has 0 saturated heterocycles. The van der Waals surface area contributed by atoms with Gasteiger partial charge in [0.2, 0.25) is 10.0 Å². The van der Waals surface area contributed by atoms with Crippen molar-refractivity contribution in [1.29, 1.82) is 0 Å². The third kappa shape index (κ3) is 3.71. The number of benzene rings is 2. The van der Waals surface area contributed by atoms with E-state index in [1.54, 1.807) is 31.3 Å². The van der Waals surface area contributed by atoms with Gasteiger partial charge in [0.25, 0.3) is 0 Å². The smallest absolute Gasteiger partial charge is 0.207 e.